The highest BCUT2D eigenvalue weighted by Crippen LogP contribution is 2.02. The van der Waals surface area contributed by atoms with Gasteiger partial charge in [0.2, 0.25) is 0 Å². The molecule has 0 unspecified atom stereocenters. The number of ether oxygens (including phenoxy) is 1. The monoisotopic (exact) mass is 217 g/mol. The Morgan fingerprint density at radius 1 is 1.62 bits per heavy atom. The quantitative estimate of drug-likeness (QED) is 0.427. The number of carbonyl (C=O) groups is 1. The summed E-state index contributed by atoms with van der Waals surface area (Å²) in [6, 6.07) is 1.79. The van der Waals surface area contributed by atoms with Crippen LogP contribution >= 0.6 is 0 Å². The average Bonchev–Trinajstić information content (AvgIpc) is 2.35. The number of allylic oxidation sites excluding steroid dienone is 1. The number of hydrogen-bond acceptors (Lipinski definition) is 5. The maximum absolute atomic E-state index is 11.0. The first-order chi connectivity index (χ1) is 7.77. The van der Waals surface area contributed by atoms with Crippen LogP contribution in [0.25, 0.3) is 0 Å². The predicted octanol–water partition coefficient (Wildman–Crippen LogP) is 1.03. The van der Waals surface area contributed by atoms with Crippen LogP contribution in [0.4, 0.5) is 0 Å². The molecule has 0 aliphatic rings. The number of carbonyl (C=O) groups excluding carboxylic acids is 1. The molecule has 1 heterocycles. The van der Waals surface area contributed by atoms with Gasteiger partial charge in [-0.05, 0) is 12.8 Å². The molecule has 0 aliphatic carbocycles. The van der Waals surface area contributed by atoms with Crippen LogP contribution in [0.5, 0.6) is 0 Å². The van der Waals surface area contributed by atoms with Crippen molar-refractivity contribution in [2.45, 2.75) is 12.8 Å². The van der Waals surface area contributed by atoms with Crippen molar-refractivity contribution in [3.8, 4) is 6.07 Å². The maximum Gasteiger partial charge on any atom is 0.348 e. The molecule has 0 aliphatic heterocycles. The first-order valence-corrected chi connectivity index (χ1v) is 4.71. The molecule has 0 amide bonds. The summed E-state index contributed by atoms with van der Waals surface area (Å²) < 4.78 is 4.45. The minimum Gasteiger partial charge on any atom is -0.465 e. The molecule has 0 spiro atoms. The van der Waals surface area contributed by atoms with E-state index in [-0.39, 0.29) is 5.57 Å². The van der Waals surface area contributed by atoms with Gasteiger partial charge in [0.15, 0.2) is 0 Å². The van der Waals surface area contributed by atoms with Crippen molar-refractivity contribution in [2.75, 3.05) is 7.11 Å². The summed E-state index contributed by atoms with van der Waals surface area (Å²) in [5.74, 6) is -0.610. The Bertz CT molecular complexity index is 421. The lowest BCUT2D eigenvalue weighted by atomic mass is 10.2. The fraction of sp³-hybridized carbons (Fsp3) is 0.273. The zero-order valence-corrected chi connectivity index (χ0v) is 8.88. The average molecular weight is 217 g/mol. The molecule has 0 saturated heterocycles. The van der Waals surface area contributed by atoms with Crippen LogP contribution in [0.3, 0.4) is 0 Å². The zero-order chi connectivity index (χ0) is 11.8. The van der Waals surface area contributed by atoms with Gasteiger partial charge in [-0.3, -0.25) is 9.97 Å². The zero-order valence-electron chi connectivity index (χ0n) is 8.88. The third kappa shape index (κ3) is 3.50. The number of aryl methyl sites for hydroxylation is 1. The molecule has 0 aromatic carbocycles. The van der Waals surface area contributed by atoms with Gasteiger partial charge in [0.1, 0.15) is 11.6 Å². The fourth-order valence-corrected chi connectivity index (χ4v) is 1.11. The van der Waals surface area contributed by atoms with Crippen LogP contribution in [0.1, 0.15) is 12.1 Å². The van der Waals surface area contributed by atoms with E-state index in [4.69, 9.17) is 5.26 Å². The number of hydrogen-bond donors (Lipinski definition) is 0. The topological polar surface area (TPSA) is 75.9 Å². The van der Waals surface area contributed by atoms with Gasteiger partial charge >= 0.3 is 5.97 Å². The number of esters is 1. The highest BCUT2D eigenvalue weighted by molar-refractivity contribution is 5.92. The normalized spacial score (nSPS) is 10.6. The second-order valence-corrected chi connectivity index (χ2v) is 2.96. The molecule has 0 N–H and O–H groups in total. The van der Waals surface area contributed by atoms with Crippen molar-refractivity contribution in [3.63, 3.8) is 0 Å². The van der Waals surface area contributed by atoms with Crippen LogP contribution in [0.15, 0.2) is 30.2 Å². The minimum atomic E-state index is -0.610. The lowest BCUT2D eigenvalue weighted by Gasteiger charge is -1.97. The van der Waals surface area contributed by atoms with Crippen molar-refractivity contribution >= 4 is 5.97 Å². The van der Waals surface area contributed by atoms with Crippen LogP contribution < -0.4 is 0 Å². The molecule has 1 rings (SSSR count). The lowest BCUT2D eigenvalue weighted by molar-refractivity contribution is -0.135. The summed E-state index contributed by atoms with van der Waals surface area (Å²) in [6.07, 6.45) is 7.57. The van der Waals surface area contributed by atoms with E-state index in [2.05, 4.69) is 14.7 Å². The van der Waals surface area contributed by atoms with Gasteiger partial charge < -0.3 is 4.74 Å². The number of rotatable bonds is 4. The molecule has 0 saturated carbocycles. The molecule has 5 nitrogen and oxygen atoms in total. The third-order valence-electron chi connectivity index (χ3n) is 1.89. The van der Waals surface area contributed by atoms with Crippen LogP contribution in [-0.4, -0.2) is 23.0 Å². The molecule has 1 aromatic heterocycles. The van der Waals surface area contributed by atoms with E-state index >= 15 is 0 Å². The van der Waals surface area contributed by atoms with Crippen molar-refractivity contribution in [2.24, 2.45) is 0 Å². The highest BCUT2D eigenvalue weighted by Gasteiger charge is 2.07. The summed E-state index contributed by atoms with van der Waals surface area (Å²) in [5, 5.41) is 8.68. The van der Waals surface area contributed by atoms with E-state index in [9.17, 15) is 4.79 Å². The smallest absolute Gasteiger partial charge is 0.348 e. The second-order valence-electron chi connectivity index (χ2n) is 2.96. The van der Waals surface area contributed by atoms with Gasteiger partial charge in [-0.25, -0.2) is 4.79 Å². The van der Waals surface area contributed by atoms with Gasteiger partial charge in [-0.2, -0.15) is 5.26 Å². The van der Waals surface area contributed by atoms with Crippen LogP contribution in [0.2, 0.25) is 0 Å². The van der Waals surface area contributed by atoms with Crippen LogP contribution in [0, 0.1) is 11.3 Å². The fourth-order valence-electron chi connectivity index (χ4n) is 1.11. The Kier molecular flexibility index (Phi) is 4.67. The van der Waals surface area contributed by atoms with E-state index in [1.165, 1.54) is 7.11 Å². The molecule has 0 bridgehead atoms. The van der Waals surface area contributed by atoms with Crippen LogP contribution in [-0.2, 0) is 16.0 Å². The summed E-state index contributed by atoms with van der Waals surface area (Å²) in [6.45, 7) is 0. The van der Waals surface area contributed by atoms with Gasteiger partial charge in [0.25, 0.3) is 0 Å². The Morgan fingerprint density at radius 3 is 3.00 bits per heavy atom. The number of nitrogens with zero attached hydrogens (tertiary/aromatic N) is 3. The Balaban J connectivity index is 2.54. The summed E-state index contributed by atoms with van der Waals surface area (Å²) in [4.78, 5) is 19.0. The van der Waals surface area contributed by atoms with Gasteiger partial charge in [-0.15, -0.1) is 0 Å². The lowest BCUT2D eigenvalue weighted by Crippen LogP contribution is -2.03. The molecule has 82 valence electrons. The molecule has 0 fully saturated rings. The van der Waals surface area contributed by atoms with E-state index < -0.39 is 5.97 Å². The summed E-state index contributed by atoms with van der Waals surface area (Å²) in [5.41, 5.74) is 0.840. The Labute approximate surface area is 93.4 Å². The SMILES string of the molecule is COC(=O)/C(C#N)=C/CCc1cnccn1. The largest absolute Gasteiger partial charge is 0.465 e. The molecule has 5 heteroatoms. The first kappa shape index (κ1) is 11.9. The minimum absolute atomic E-state index is 0.0198. The van der Waals surface area contributed by atoms with E-state index in [0.717, 1.165) is 5.69 Å². The first-order valence-electron chi connectivity index (χ1n) is 4.71. The molecule has 16 heavy (non-hydrogen) atoms. The van der Waals surface area contributed by atoms with Gasteiger partial charge in [0.05, 0.1) is 12.8 Å². The number of methoxy groups -OCH3 is 1. The number of nitriles is 1. The van der Waals surface area contributed by atoms with Gasteiger partial charge in [-0.1, -0.05) is 6.08 Å². The molecule has 1 aromatic rings. The Morgan fingerprint density at radius 2 is 2.44 bits per heavy atom. The Hall–Kier alpha value is -2.22. The molecule has 0 radical (unpaired) electrons. The van der Waals surface area contributed by atoms with Gasteiger partial charge in [0, 0.05) is 18.6 Å². The van der Waals surface area contributed by atoms with Crippen molar-refractivity contribution in [3.05, 3.63) is 35.9 Å². The summed E-state index contributed by atoms with van der Waals surface area (Å²) >= 11 is 0. The van der Waals surface area contributed by atoms with Crippen molar-refractivity contribution in [1.29, 1.82) is 5.26 Å². The predicted molar refractivity (Wildman–Crippen MR) is 56.1 cm³/mol. The highest BCUT2D eigenvalue weighted by atomic mass is 16.5. The van der Waals surface area contributed by atoms with E-state index in [0.29, 0.717) is 12.8 Å². The molecular formula is C11H11N3O2. The van der Waals surface area contributed by atoms with Crippen molar-refractivity contribution < 1.29 is 9.53 Å². The standard InChI is InChI=1S/C11H11N3O2/c1-16-11(15)9(7-12)3-2-4-10-8-13-5-6-14-10/h3,5-6,8H,2,4H2,1H3/b9-3+. The van der Waals surface area contributed by atoms with Crippen molar-refractivity contribution in [1.82, 2.24) is 9.97 Å². The number of aromatic nitrogens is 2. The molecular weight excluding hydrogens is 206 g/mol. The molecule has 0 atom stereocenters. The summed E-state index contributed by atoms with van der Waals surface area (Å²) in [7, 11) is 1.25. The second kappa shape index (κ2) is 6.30. The van der Waals surface area contributed by atoms with E-state index in [1.807, 2.05) is 0 Å². The maximum atomic E-state index is 11.0. The van der Waals surface area contributed by atoms with E-state index in [1.54, 1.807) is 30.7 Å². The third-order valence-corrected chi connectivity index (χ3v) is 1.89.